The third-order valence-electron chi connectivity index (χ3n) is 13.3. The van der Waals surface area contributed by atoms with E-state index < -0.39 is 32.1 Å². The Morgan fingerprint density at radius 2 is 0.959 bits per heavy atom. The van der Waals surface area contributed by atoms with Gasteiger partial charge in [-0.05, 0) is 113 Å². The van der Waals surface area contributed by atoms with Crippen molar-refractivity contribution in [2.45, 2.75) is 116 Å². The number of amides is 2. The van der Waals surface area contributed by atoms with Gasteiger partial charge in [-0.25, -0.2) is 55.5 Å². The van der Waals surface area contributed by atoms with Crippen LogP contribution in [0.3, 0.4) is 0 Å². The van der Waals surface area contributed by atoms with E-state index in [0.717, 1.165) is 44.3 Å². The summed E-state index contributed by atoms with van der Waals surface area (Å²) in [7, 11) is -7.36. The summed E-state index contributed by atoms with van der Waals surface area (Å²) in [6.45, 7) is 6.13. The number of nitrogens with zero attached hydrogens (tertiary/aromatic N) is 10. The number of aromatic nitrogens is 6. The van der Waals surface area contributed by atoms with Gasteiger partial charge in [0.15, 0.2) is 0 Å². The van der Waals surface area contributed by atoms with Gasteiger partial charge in [0.25, 0.3) is 0 Å². The molecule has 6 aromatic rings. The number of fused-ring (bicyclic) bond motifs is 2. The number of pyridine rings is 2. The highest BCUT2D eigenvalue weighted by atomic mass is 32.2. The van der Waals surface area contributed by atoms with E-state index in [9.17, 15) is 36.8 Å². The predicted octanol–water partition coefficient (Wildman–Crippen LogP) is 5.77. The maximum atomic E-state index is 13.1. The van der Waals surface area contributed by atoms with Crippen molar-refractivity contribution in [3.05, 3.63) is 132 Å². The average Bonchev–Trinajstić information content (AvgIpc) is 3.41. The summed E-state index contributed by atoms with van der Waals surface area (Å²) in [6.07, 6.45) is 12.0. The van der Waals surface area contributed by atoms with Gasteiger partial charge < -0.3 is 9.47 Å². The zero-order valence-corrected chi connectivity index (χ0v) is 43.5. The first-order valence-electron chi connectivity index (χ1n) is 25.0. The fourth-order valence-electron chi connectivity index (χ4n) is 9.36. The molecule has 0 spiro atoms. The lowest BCUT2D eigenvalue weighted by atomic mass is 10.1. The molecule has 4 aromatic heterocycles. The standard InChI is InChI=1S/2C26H33N5O5S/c2*1-20-16-21(24-7-2-3-8-25(24)29-20)17-36-23-10-14-30(15-11-23)37(34,35)18-22(31(33)19-32)6-4-9-26-27-12-5-13-28-26/h2*2-3,5,7-8,12-13,16,19,22-23,33H,4,6,9-11,14-15,17-18H2,1H3/t22-;/m1./s1. The van der Waals surface area contributed by atoms with Gasteiger partial charge >= 0.3 is 0 Å². The molecule has 2 aliphatic heterocycles. The number of para-hydroxylation sites is 2. The minimum atomic E-state index is -3.68. The quantitative estimate of drug-likeness (QED) is 0.0415. The summed E-state index contributed by atoms with van der Waals surface area (Å²) in [4.78, 5) is 48.1. The predicted molar refractivity (Wildman–Crippen MR) is 276 cm³/mol. The topological polar surface area (TPSA) is 252 Å². The number of hydrogen-bond donors (Lipinski definition) is 2. The molecule has 22 heteroatoms. The fourth-order valence-corrected chi connectivity index (χ4v) is 12.9. The van der Waals surface area contributed by atoms with Crippen molar-refractivity contribution in [3.8, 4) is 0 Å². The Balaban J connectivity index is 0.000000216. The third kappa shape index (κ3) is 16.0. The van der Waals surface area contributed by atoms with Crippen LogP contribution in [-0.2, 0) is 65.2 Å². The van der Waals surface area contributed by atoms with Crippen molar-refractivity contribution in [3.63, 3.8) is 0 Å². The van der Waals surface area contributed by atoms with Crippen molar-refractivity contribution in [2.75, 3.05) is 37.7 Å². The Morgan fingerprint density at radius 3 is 1.32 bits per heavy atom. The molecule has 2 aromatic carbocycles. The number of hydroxylamine groups is 4. The lowest BCUT2D eigenvalue weighted by Gasteiger charge is -2.33. The number of benzene rings is 2. The van der Waals surface area contributed by atoms with Crippen molar-refractivity contribution >= 4 is 54.7 Å². The minimum absolute atomic E-state index is 0.0512. The highest BCUT2D eigenvalue weighted by molar-refractivity contribution is 7.89. The van der Waals surface area contributed by atoms with Gasteiger partial charge in [0.05, 0.1) is 60.0 Å². The molecule has 0 radical (unpaired) electrons. The number of sulfonamides is 2. The molecule has 2 saturated heterocycles. The van der Waals surface area contributed by atoms with E-state index in [1.807, 2.05) is 74.5 Å². The molecule has 6 heterocycles. The molecule has 2 aliphatic rings. The lowest BCUT2D eigenvalue weighted by molar-refractivity contribution is -0.159. The van der Waals surface area contributed by atoms with E-state index in [-0.39, 0.29) is 36.5 Å². The van der Waals surface area contributed by atoms with E-state index in [2.05, 4.69) is 29.9 Å². The summed E-state index contributed by atoms with van der Waals surface area (Å²) in [5.41, 5.74) is 5.86. The molecule has 8 rings (SSSR count). The van der Waals surface area contributed by atoms with Crippen molar-refractivity contribution in [1.82, 2.24) is 48.6 Å². The second-order valence-corrected chi connectivity index (χ2v) is 22.7. The first-order valence-corrected chi connectivity index (χ1v) is 28.2. The zero-order valence-electron chi connectivity index (χ0n) is 41.9. The molecule has 2 fully saturated rings. The monoisotopic (exact) mass is 1050 g/mol. The van der Waals surface area contributed by atoms with Crippen LogP contribution in [0.4, 0.5) is 0 Å². The lowest BCUT2D eigenvalue weighted by Crippen LogP contribution is -2.46. The van der Waals surface area contributed by atoms with Crippen LogP contribution < -0.4 is 0 Å². The maximum absolute atomic E-state index is 13.1. The first-order chi connectivity index (χ1) is 35.7. The van der Waals surface area contributed by atoms with Crippen molar-refractivity contribution in [1.29, 1.82) is 0 Å². The Bertz CT molecular complexity index is 2770. The molecule has 2 atom stereocenters. The second kappa shape index (κ2) is 27.0. The average molecular weight is 1060 g/mol. The van der Waals surface area contributed by atoms with Gasteiger partial charge in [0.1, 0.15) is 11.6 Å². The van der Waals surface area contributed by atoms with E-state index in [1.165, 1.54) is 8.61 Å². The summed E-state index contributed by atoms with van der Waals surface area (Å²) in [6, 6.07) is 21.7. The van der Waals surface area contributed by atoms with Crippen LogP contribution in [-0.4, -0.2) is 151 Å². The van der Waals surface area contributed by atoms with E-state index in [0.29, 0.717) is 125 Å². The van der Waals surface area contributed by atoms with Crippen molar-refractivity contribution in [2.24, 2.45) is 0 Å². The number of carbonyl (C=O) groups excluding carboxylic acids is 2. The van der Waals surface area contributed by atoms with E-state index in [1.54, 1.807) is 36.9 Å². The number of aryl methyl sites for hydroxylation is 4. The van der Waals surface area contributed by atoms with Gasteiger partial charge in [-0.2, -0.15) is 0 Å². The molecular weight excluding hydrogens is 989 g/mol. The Hall–Kier alpha value is -5.98. The summed E-state index contributed by atoms with van der Waals surface area (Å²) >= 11 is 0. The Morgan fingerprint density at radius 1 is 0.595 bits per heavy atom. The van der Waals surface area contributed by atoms with Crippen molar-refractivity contribution < 1.29 is 46.3 Å². The molecule has 1 unspecified atom stereocenters. The van der Waals surface area contributed by atoms with Crippen LogP contribution in [0.2, 0.25) is 0 Å². The van der Waals surface area contributed by atoms with Crippen LogP contribution >= 0.6 is 0 Å². The highest BCUT2D eigenvalue weighted by Crippen LogP contribution is 2.26. The first kappa shape index (κ1) is 55.8. The molecular formula is C52H66N10O10S2. The van der Waals surface area contributed by atoms with Gasteiger partial charge in [0, 0.05) is 86.0 Å². The van der Waals surface area contributed by atoms with Gasteiger partial charge in [-0.1, -0.05) is 36.4 Å². The normalized spacial score (nSPS) is 16.1. The Kier molecular flexibility index (Phi) is 20.3. The minimum Gasteiger partial charge on any atom is -0.373 e. The van der Waals surface area contributed by atoms with Crippen LogP contribution in [0.25, 0.3) is 21.8 Å². The number of ether oxygens (including phenoxy) is 2. The molecule has 396 valence electrons. The molecule has 0 saturated carbocycles. The summed E-state index contributed by atoms with van der Waals surface area (Å²) in [5, 5.41) is 23.1. The SMILES string of the molecule is Cc1cc(COC2CCN(S(=O)(=O)CC(CCCc3ncccn3)N(O)C=O)CC2)c2ccccc2n1.Cc1cc(COC2CCN(S(=O)(=O)C[C@@H](CCCc3ncccn3)N(O)C=O)CC2)c2ccccc2n1. The smallest absolute Gasteiger partial charge is 0.233 e. The van der Waals surface area contributed by atoms with Crippen LogP contribution in [0.15, 0.2) is 97.6 Å². The summed E-state index contributed by atoms with van der Waals surface area (Å²) < 4.78 is 67.7. The zero-order chi connectivity index (χ0) is 52.5. The van der Waals surface area contributed by atoms with Gasteiger partial charge in [-0.15, -0.1) is 0 Å². The Labute approximate surface area is 432 Å². The molecule has 0 aliphatic carbocycles. The van der Waals surface area contributed by atoms with Crippen LogP contribution in [0.1, 0.15) is 85.5 Å². The number of piperidine rings is 2. The highest BCUT2D eigenvalue weighted by Gasteiger charge is 2.34. The van der Waals surface area contributed by atoms with E-state index >= 15 is 0 Å². The van der Waals surface area contributed by atoms with Crippen LogP contribution in [0.5, 0.6) is 0 Å². The second-order valence-electron chi connectivity index (χ2n) is 18.6. The maximum Gasteiger partial charge on any atom is 0.233 e. The van der Waals surface area contributed by atoms with Gasteiger partial charge in [0.2, 0.25) is 32.9 Å². The molecule has 74 heavy (non-hydrogen) atoms. The van der Waals surface area contributed by atoms with Crippen LogP contribution in [0, 0.1) is 13.8 Å². The van der Waals surface area contributed by atoms with E-state index in [4.69, 9.17) is 9.47 Å². The number of hydrogen-bond acceptors (Lipinski definition) is 16. The third-order valence-corrected chi connectivity index (χ3v) is 17.2. The number of carbonyl (C=O) groups is 2. The van der Waals surface area contributed by atoms with Gasteiger partial charge in [-0.3, -0.25) is 30.0 Å². The molecule has 20 nitrogen and oxygen atoms in total. The molecule has 2 amide bonds. The summed E-state index contributed by atoms with van der Waals surface area (Å²) in [5.74, 6) is 0.589. The fraction of sp³-hybridized carbons (Fsp3) is 0.462. The largest absolute Gasteiger partial charge is 0.373 e. The number of rotatable bonds is 24. The molecule has 2 N–H and O–H groups in total. The molecule has 0 bridgehead atoms.